The molecular weight excluding hydrogens is 358 g/mol. The van der Waals surface area contributed by atoms with Crippen LogP contribution in [0.15, 0.2) is 53.1 Å². The Bertz CT molecular complexity index is 883. The summed E-state index contributed by atoms with van der Waals surface area (Å²) in [5.74, 6) is 0.621. The first kappa shape index (κ1) is 20.4. The lowest BCUT2D eigenvalue weighted by atomic mass is 10.1. The maximum absolute atomic E-state index is 11.7. The highest BCUT2D eigenvalue weighted by molar-refractivity contribution is 8.02. The van der Waals surface area contributed by atoms with Crippen molar-refractivity contribution in [3.8, 4) is 11.8 Å². The molecule has 0 saturated carbocycles. The van der Waals surface area contributed by atoms with Crippen molar-refractivity contribution >= 4 is 23.4 Å². The SMILES string of the molecule is CCOc1ccc(N/C(SCc2ccc(C)cc2C)=C(/C#N)C(N)=O)cc1. The molecule has 0 aliphatic rings. The Morgan fingerprint density at radius 3 is 2.48 bits per heavy atom. The minimum Gasteiger partial charge on any atom is -0.494 e. The molecule has 2 rings (SSSR count). The molecule has 0 bridgehead atoms. The van der Waals surface area contributed by atoms with Crippen LogP contribution < -0.4 is 15.8 Å². The van der Waals surface area contributed by atoms with Crippen LogP contribution in [0.25, 0.3) is 0 Å². The number of benzene rings is 2. The van der Waals surface area contributed by atoms with Gasteiger partial charge in [0.25, 0.3) is 5.91 Å². The third-order valence-corrected chi connectivity index (χ3v) is 4.93. The van der Waals surface area contributed by atoms with Crippen molar-refractivity contribution in [1.82, 2.24) is 0 Å². The van der Waals surface area contributed by atoms with Crippen LogP contribution in [0.1, 0.15) is 23.6 Å². The molecule has 0 saturated heterocycles. The summed E-state index contributed by atoms with van der Waals surface area (Å²) in [6.07, 6.45) is 0. The van der Waals surface area contributed by atoms with Gasteiger partial charge in [0, 0.05) is 11.4 Å². The molecule has 6 heteroatoms. The summed E-state index contributed by atoms with van der Waals surface area (Å²) in [7, 11) is 0. The fourth-order valence-electron chi connectivity index (χ4n) is 2.48. The molecule has 27 heavy (non-hydrogen) atoms. The van der Waals surface area contributed by atoms with Gasteiger partial charge in [-0.2, -0.15) is 5.26 Å². The number of nitrogens with zero attached hydrogens (tertiary/aromatic N) is 1. The standard InChI is InChI=1S/C21H23N3O2S/c1-4-26-18-9-7-17(8-10-18)24-21(19(12-22)20(23)25)27-13-16-6-5-14(2)11-15(16)3/h5-11,24H,4,13H2,1-3H3,(H2,23,25)/b21-19+. The zero-order valence-corrected chi connectivity index (χ0v) is 16.5. The Labute approximate surface area is 164 Å². The monoisotopic (exact) mass is 381 g/mol. The topological polar surface area (TPSA) is 88.1 Å². The first-order valence-corrected chi connectivity index (χ1v) is 9.56. The number of rotatable bonds is 8. The molecule has 0 spiro atoms. The molecule has 5 nitrogen and oxygen atoms in total. The summed E-state index contributed by atoms with van der Waals surface area (Å²) < 4.78 is 5.43. The average Bonchev–Trinajstić information content (AvgIpc) is 2.62. The molecule has 0 aliphatic carbocycles. The molecule has 2 aromatic carbocycles. The number of carbonyl (C=O) groups excluding carboxylic acids is 1. The molecule has 0 aromatic heterocycles. The number of ether oxygens (including phenoxy) is 1. The van der Waals surface area contributed by atoms with Crippen LogP contribution in [-0.4, -0.2) is 12.5 Å². The van der Waals surface area contributed by atoms with Crippen LogP contribution in [-0.2, 0) is 10.5 Å². The molecule has 0 aliphatic heterocycles. The molecule has 140 valence electrons. The van der Waals surface area contributed by atoms with Crippen molar-refractivity contribution < 1.29 is 9.53 Å². The number of amides is 1. The second-order valence-corrected chi connectivity index (χ2v) is 6.97. The maximum Gasteiger partial charge on any atom is 0.262 e. The van der Waals surface area contributed by atoms with Crippen LogP contribution in [0.2, 0.25) is 0 Å². The molecule has 0 atom stereocenters. The van der Waals surface area contributed by atoms with Gasteiger partial charge in [-0.05, 0) is 56.2 Å². The molecule has 2 aromatic rings. The molecule has 0 heterocycles. The number of aryl methyl sites for hydroxylation is 2. The van der Waals surface area contributed by atoms with Gasteiger partial charge in [-0.25, -0.2) is 0 Å². The number of thioether (sulfide) groups is 1. The van der Waals surface area contributed by atoms with Crippen LogP contribution in [0.3, 0.4) is 0 Å². The van der Waals surface area contributed by atoms with Crippen molar-refractivity contribution in [2.75, 3.05) is 11.9 Å². The predicted octanol–water partition coefficient (Wildman–Crippen LogP) is 4.27. The number of anilines is 1. The van der Waals surface area contributed by atoms with E-state index >= 15 is 0 Å². The summed E-state index contributed by atoms with van der Waals surface area (Å²) in [5.41, 5.74) is 9.55. The van der Waals surface area contributed by atoms with E-state index in [0.717, 1.165) is 17.0 Å². The third-order valence-electron chi connectivity index (χ3n) is 3.88. The normalized spacial score (nSPS) is 11.3. The van der Waals surface area contributed by atoms with E-state index in [4.69, 9.17) is 10.5 Å². The number of primary amides is 1. The van der Waals surface area contributed by atoms with Crippen molar-refractivity contribution in [3.63, 3.8) is 0 Å². The zero-order valence-electron chi connectivity index (χ0n) is 15.7. The van der Waals surface area contributed by atoms with Gasteiger partial charge in [-0.3, -0.25) is 4.79 Å². The summed E-state index contributed by atoms with van der Waals surface area (Å²) >= 11 is 1.38. The molecule has 1 amide bonds. The van der Waals surface area contributed by atoms with Gasteiger partial charge in [-0.1, -0.05) is 23.8 Å². The minimum atomic E-state index is -0.751. The molecular formula is C21H23N3O2S. The van der Waals surface area contributed by atoms with E-state index < -0.39 is 5.91 Å². The van der Waals surface area contributed by atoms with Gasteiger partial charge in [0.1, 0.15) is 17.4 Å². The quantitative estimate of drug-likeness (QED) is 0.527. The van der Waals surface area contributed by atoms with Gasteiger partial charge in [0.15, 0.2) is 0 Å². The molecule has 0 fully saturated rings. The lowest BCUT2D eigenvalue weighted by Crippen LogP contribution is -2.16. The first-order valence-electron chi connectivity index (χ1n) is 8.57. The number of nitriles is 1. The minimum absolute atomic E-state index is 0.0846. The average molecular weight is 382 g/mol. The summed E-state index contributed by atoms with van der Waals surface area (Å²) in [6.45, 7) is 6.60. The highest BCUT2D eigenvalue weighted by Gasteiger charge is 2.14. The number of hydrogen-bond donors (Lipinski definition) is 2. The van der Waals surface area contributed by atoms with Crippen molar-refractivity contribution in [1.29, 1.82) is 5.26 Å². The number of carbonyl (C=O) groups is 1. The Morgan fingerprint density at radius 2 is 1.93 bits per heavy atom. The van der Waals surface area contributed by atoms with Gasteiger partial charge in [0.05, 0.1) is 11.6 Å². The number of nitrogens with one attached hydrogen (secondary N) is 1. The molecule has 0 unspecified atom stereocenters. The van der Waals surface area contributed by atoms with Crippen molar-refractivity contribution in [2.45, 2.75) is 26.5 Å². The van der Waals surface area contributed by atoms with E-state index in [2.05, 4.69) is 17.4 Å². The lowest BCUT2D eigenvalue weighted by Gasteiger charge is -2.14. The van der Waals surface area contributed by atoms with Gasteiger partial charge in [0.2, 0.25) is 0 Å². The van der Waals surface area contributed by atoms with Crippen LogP contribution in [0.4, 0.5) is 5.69 Å². The largest absolute Gasteiger partial charge is 0.494 e. The van der Waals surface area contributed by atoms with Gasteiger partial charge < -0.3 is 15.8 Å². The zero-order chi connectivity index (χ0) is 19.8. The van der Waals surface area contributed by atoms with E-state index in [9.17, 15) is 10.1 Å². The van der Waals surface area contributed by atoms with E-state index in [1.807, 2.05) is 57.2 Å². The molecule has 0 radical (unpaired) electrons. The van der Waals surface area contributed by atoms with E-state index in [1.165, 1.54) is 22.9 Å². The highest BCUT2D eigenvalue weighted by Crippen LogP contribution is 2.28. The number of hydrogen-bond acceptors (Lipinski definition) is 5. The van der Waals surface area contributed by atoms with Crippen molar-refractivity contribution in [3.05, 3.63) is 69.8 Å². The Hall–Kier alpha value is -2.91. The molecule has 3 N–H and O–H groups in total. The fraction of sp³-hybridized carbons (Fsp3) is 0.238. The van der Waals surface area contributed by atoms with Crippen LogP contribution >= 0.6 is 11.8 Å². The Balaban J connectivity index is 2.24. The second-order valence-electron chi connectivity index (χ2n) is 5.98. The predicted molar refractivity (Wildman–Crippen MR) is 110 cm³/mol. The Kier molecular flexibility index (Phi) is 7.33. The smallest absolute Gasteiger partial charge is 0.262 e. The lowest BCUT2D eigenvalue weighted by molar-refractivity contribution is -0.114. The Morgan fingerprint density at radius 1 is 1.22 bits per heavy atom. The maximum atomic E-state index is 11.7. The number of nitrogens with two attached hydrogens (primary N) is 1. The first-order chi connectivity index (χ1) is 12.9. The second kappa shape index (κ2) is 9.70. The van der Waals surface area contributed by atoms with E-state index in [-0.39, 0.29) is 5.57 Å². The van der Waals surface area contributed by atoms with E-state index in [0.29, 0.717) is 17.4 Å². The highest BCUT2D eigenvalue weighted by atomic mass is 32.2. The van der Waals surface area contributed by atoms with Crippen LogP contribution in [0.5, 0.6) is 5.75 Å². The van der Waals surface area contributed by atoms with Gasteiger partial charge >= 0.3 is 0 Å². The summed E-state index contributed by atoms with van der Waals surface area (Å²) in [5, 5.41) is 12.9. The summed E-state index contributed by atoms with van der Waals surface area (Å²) in [6, 6.07) is 15.4. The summed E-state index contributed by atoms with van der Waals surface area (Å²) in [4.78, 5) is 11.7. The van der Waals surface area contributed by atoms with Crippen molar-refractivity contribution in [2.24, 2.45) is 5.73 Å². The van der Waals surface area contributed by atoms with E-state index in [1.54, 1.807) is 0 Å². The van der Waals surface area contributed by atoms with Gasteiger partial charge in [-0.15, -0.1) is 11.8 Å². The van der Waals surface area contributed by atoms with Crippen LogP contribution in [0, 0.1) is 25.2 Å². The fourth-order valence-corrected chi connectivity index (χ4v) is 3.58. The third kappa shape index (κ3) is 5.80.